The summed E-state index contributed by atoms with van der Waals surface area (Å²) in [5.41, 5.74) is 14.1. The van der Waals surface area contributed by atoms with Crippen LogP contribution < -0.4 is 11.5 Å². The number of nitrogens with two attached hydrogens (primary N) is 2. The van der Waals surface area contributed by atoms with Crippen molar-refractivity contribution in [1.29, 1.82) is 0 Å². The first kappa shape index (κ1) is 20.5. The quantitative estimate of drug-likeness (QED) is 0.445. The molecule has 1 atom stereocenters. The minimum Gasteiger partial charge on any atom is -0.481 e. The largest absolute Gasteiger partial charge is 0.481 e. The van der Waals surface area contributed by atoms with Gasteiger partial charge in [-0.15, -0.1) is 0 Å². The molecule has 2 heterocycles. The first-order chi connectivity index (χ1) is 14.0. The molecule has 1 aromatic carbocycles. The molecule has 0 amide bonds. The van der Waals surface area contributed by atoms with E-state index >= 15 is 0 Å². The zero-order chi connectivity index (χ0) is 20.6. The van der Waals surface area contributed by atoms with Crippen molar-refractivity contribution in [3.05, 3.63) is 53.9 Å². The van der Waals surface area contributed by atoms with E-state index in [0.717, 1.165) is 60.7 Å². The SMILES string of the molecule is Nc1cc(CCCCCC[C@@H](CC(=O)O)c2cnc3ccccc3c2)nc(N)n1. The summed E-state index contributed by atoms with van der Waals surface area (Å²) < 4.78 is 0. The van der Waals surface area contributed by atoms with E-state index in [1.807, 2.05) is 30.5 Å². The van der Waals surface area contributed by atoms with Crippen molar-refractivity contribution in [1.82, 2.24) is 15.0 Å². The number of anilines is 2. The van der Waals surface area contributed by atoms with Crippen LogP contribution in [-0.4, -0.2) is 26.0 Å². The summed E-state index contributed by atoms with van der Waals surface area (Å²) in [6.45, 7) is 0. The van der Waals surface area contributed by atoms with Crippen molar-refractivity contribution in [2.24, 2.45) is 0 Å². The molecule has 0 saturated carbocycles. The number of carboxylic acid groups (broad SMARTS) is 1. The van der Waals surface area contributed by atoms with Crippen LogP contribution in [0.1, 0.15) is 55.7 Å². The number of rotatable bonds is 10. The van der Waals surface area contributed by atoms with Crippen molar-refractivity contribution in [2.75, 3.05) is 11.5 Å². The fourth-order valence-electron chi connectivity index (χ4n) is 3.63. The van der Waals surface area contributed by atoms with E-state index in [4.69, 9.17) is 11.5 Å². The molecule has 29 heavy (non-hydrogen) atoms. The first-order valence-electron chi connectivity index (χ1n) is 9.96. The second-order valence-electron chi connectivity index (χ2n) is 7.35. The maximum Gasteiger partial charge on any atom is 0.303 e. The monoisotopic (exact) mass is 393 g/mol. The number of fused-ring (bicyclic) bond motifs is 1. The summed E-state index contributed by atoms with van der Waals surface area (Å²) in [6, 6.07) is 11.7. The highest BCUT2D eigenvalue weighted by Crippen LogP contribution is 2.28. The lowest BCUT2D eigenvalue weighted by Gasteiger charge is -2.15. The van der Waals surface area contributed by atoms with Crippen LogP contribution in [0.25, 0.3) is 10.9 Å². The summed E-state index contributed by atoms with van der Waals surface area (Å²) in [5, 5.41) is 10.4. The number of unbranched alkanes of at least 4 members (excludes halogenated alkanes) is 3. The van der Waals surface area contributed by atoms with Crippen LogP contribution in [0.15, 0.2) is 42.6 Å². The van der Waals surface area contributed by atoms with Gasteiger partial charge >= 0.3 is 5.97 Å². The predicted molar refractivity (Wildman–Crippen MR) is 114 cm³/mol. The fraction of sp³-hybridized carbons (Fsp3) is 0.364. The Hall–Kier alpha value is -3.22. The molecule has 0 fully saturated rings. The molecule has 152 valence electrons. The molecular formula is C22H27N5O2. The van der Waals surface area contributed by atoms with Gasteiger partial charge < -0.3 is 16.6 Å². The maximum atomic E-state index is 11.3. The smallest absolute Gasteiger partial charge is 0.303 e. The highest BCUT2D eigenvalue weighted by Gasteiger charge is 2.16. The Morgan fingerprint density at radius 3 is 2.62 bits per heavy atom. The van der Waals surface area contributed by atoms with Crippen molar-refractivity contribution in [3.63, 3.8) is 0 Å². The lowest BCUT2D eigenvalue weighted by atomic mass is 9.90. The third kappa shape index (κ3) is 6.14. The molecule has 0 spiro atoms. The molecule has 3 aromatic rings. The zero-order valence-corrected chi connectivity index (χ0v) is 16.4. The summed E-state index contributed by atoms with van der Waals surface area (Å²) in [6.07, 6.45) is 7.62. The van der Waals surface area contributed by atoms with Gasteiger partial charge in [0.05, 0.1) is 11.9 Å². The Balaban J connectivity index is 1.50. The summed E-state index contributed by atoms with van der Waals surface area (Å²) in [7, 11) is 0. The third-order valence-electron chi connectivity index (χ3n) is 5.06. The van der Waals surface area contributed by atoms with Crippen LogP contribution in [0.4, 0.5) is 11.8 Å². The van der Waals surface area contributed by atoms with Gasteiger partial charge in [-0.1, -0.05) is 37.5 Å². The average molecular weight is 393 g/mol. The molecule has 2 aromatic heterocycles. The van der Waals surface area contributed by atoms with Gasteiger partial charge in [-0.25, -0.2) is 4.98 Å². The van der Waals surface area contributed by atoms with Crippen LogP contribution in [0.5, 0.6) is 0 Å². The molecule has 7 heteroatoms. The molecular weight excluding hydrogens is 366 g/mol. The fourth-order valence-corrected chi connectivity index (χ4v) is 3.63. The zero-order valence-electron chi connectivity index (χ0n) is 16.4. The molecule has 0 radical (unpaired) electrons. The topological polar surface area (TPSA) is 128 Å². The van der Waals surface area contributed by atoms with E-state index in [-0.39, 0.29) is 18.3 Å². The predicted octanol–water partition coefficient (Wildman–Crippen LogP) is 3.94. The lowest BCUT2D eigenvalue weighted by molar-refractivity contribution is -0.137. The van der Waals surface area contributed by atoms with Crippen molar-refractivity contribution < 1.29 is 9.90 Å². The van der Waals surface area contributed by atoms with Gasteiger partial charge in [0, 0.05) is 23.3 Å². The van der Waals surface area contributed by atoms with E-state index in [9.17, 15) is 9.90 Å². The van der Waals surface area contributed by atoms with E-state index in [0.29, 0.717) is 5.82 Å². The number of hydrogen-bond acceptors (Lipinski definition) is 6. The number of aliphatic carboxylic acids is 1. The number of para-hydroxylation sites is 1. The van der Waals surface area contributed by atoms with Gasteiger partial charge in [0.15, 0.2) is 0 Å². The summed E-state index contributed by atoms with van der Waals surface area (Å²) >= 11 is 0. The number of nitrogens with zero attached hydrogens (tertiary/aromatic N) is 3. The highest BCUT2D eigenvalue weighted by atomic mass is 16.4. The van der Waals surface area contributed by atoms with Crippen LogP contribution in [0, 0.1) is 0 Å². The third-order valence-corrected chi connectivity index (χ3v) is 5.06. The van der Waals surface area contributed by atoms with Crippen LogP contribution in [0.3, 0.4) is 0 Å². The van der Waals surface area contributed by atoms with Gasteiger partial charge in [0.1, 0.15) is 5.82 Å². The van der Waals surface area contributed by atoms with E-state index < -0.39 is 5.97 Å². The Kier molecular flexibility index (Phi) is 6.94. The molecule has 0 aliphatic rings. The van der Waals surface area contributed by atoms with Crippen LogP contribution >= 0.6 is 0 Å². The Labute approximate surface area is 170 Å². The summed E-state index contributed by atoms with van der Waals surface area (Å²) in [5.74, 6) is -0.193. The number of benzene rings is 1. The van der Waals surface area contributed by atoms with Crippen molar-refractivity contribution in [3.8, 4) is 0 Å². The van der Waals surface area contributed by atoms with Gasteiger partial charge in [0.25, 0.3) is 0 Å². The minimum absolute atomic E-state index is 0.0222. The molecule has 0 aliphatic heterocycles. The minimum atomic E-state index is -0.776. The molecule has 0 bridgehead atoms. The Morgan fingerprint density at radius 1 is 1.03 bits per heavy atom. The summed E-state index contributed by atoms with van der Waals surface area (Å²) in [4.78, 5) is 23.9. The standard InChI is InChI=1S/C22H27N5O2/c23-20-13-18(26-22(24)27-20)9-4-2-1-3-7-15(12-21(28)29)17-11-16-8-5-6-10-19(16)25-14-17/h5-6,8,10-11,13-15H,1-4,7,9,12H2,(H,28,29)(H4,23,24,26,27)/t15-/m0/s1. The Bertz CT molecular complexity index is 956. The number of nitrogen functional groups attached to an aromatic ring is 2. The van der Waals surface area contributed by atoms with E-state index in [1.165, 1.54) is 0 Å². The number of aryl methyl sites for hydroxylation is 1. The van der Waals surface area contributed by atoms with Gasteiger partial charge in [-0.3, -0.25) is 9.78 Å². The Morgan fingerprint density at radius 2 is 1.83 bits per heavy atom. The molecule has 3 rings (SSSR count). The van der Waals surface area contributed by atoms with Crippen LogP contribution in [0.2, 0.25) is 0 Å². The maximum absolute atomic E-state index is 11.3. The van der Waals surface area contributed by atoms with Gasteiger partial charge in [-0.2, -0.15) is 4.98 Å². The van der Waals surface area contributed by atoms with Crippen molar-refractivity contribution >= 4 is 28.6 Å². The number of carbonyl (C=O) groups is 1. The molecule has 5 N–H and O–H groups in total. The number of aromatic nitrogens is 3. The number of pyridine rings is 1. The molecule has 0 unspecified atom stereocenters. The van der Waals surface area contributed by atoms with E-state index in [1.54, 1.807) is 6.07 Å². The van der Waals surface area contributed by atoms with Crippen molar-refractivity contribution in [2.45, 2.75) is 50.9 Å². The average Bonchev–Trinajstić information content (AvgIpc) is 2.68. The van der Waals surface area contributed by atoms with Crippen LogP contribution in [-0.2, 0) is 11.2 Å². The second kappa shape index (κ2) is 9.82. The molecule has 0 saturated heterocycles. The normalized spacial score (nSPS) is 12.1. The molecule has 0 aliphatic carbocycles. The van der Waals surface area contributed by atoms with Gasteiger partial charge in [0.2, 0.25) is 5.95 Å². The lowest BCUT2D eigenvalue weighted by Crippen LogP contribution is -2.07. The highest BCUT2D eigenvalue weighted by molar-refractivity contribution is 5.79. The second-order valence-corrected chi connectivity index (χ2v) is 7.35. The van der Waals surface area contributed by atoms with E-state index in [2.05, 4.69) is 21.0 Å². The number of carboxylic acids is 1. The molecule has 7 nitrogen and oxygen atoms in total. The van der Waals surface area contributed by atoms with Gasteiger partial charge in [-0.05, 0) is 42.9 Å². The first-order valence-corrected chi connectivity index (χ1v) is 9.96. The number of hydrogen-bond donors (Lipinski definition) is 3.